The lowest BCUT2D eigenvalue weighted by atomic mass is 9.95. The zero-order valence-corrected chi connectivity index (χ0v) is 13.3. The third-order valence-corrected chi connectivity index (χ3v) is 4.92. The highest BCUT2D eigenvalue weighted by Crippen LogP contribution is 2.35. The van der Waals surface area contributed by atoms with Crippen molar-refractivity contribution in [2.45, 2.75) is 83.6 Å². The average Bonchev–Trinajstić information content (AvgIpc) is 2.85. The first-order chi connectivity index (χ1) is 9.22. The molecular formula is C16H27ClN2. The molecule has 0 radical (unpaired) electrons. The van der Waals surface area contributed by atoms with Gasteiger partial charge in [0, 0.05) is 11.3 Å². The van der Waals surface area contributed by atoms with Crippen molar-refractivity contribution in [3.05, 3.63) is 17.0 Å². The monoisotopic (exact) mass is 282 g/mol. The molecule has 0 spiro atoms. The van der Waals surface area contributed by atoms with Gasteiger partial charge < -0.3 is 0 Å². The van der Waals surface area contributed by atoms with Crippen molar-refractivity contribution >= 4 is 11.6 Å². The molecule has 1 aromatic rings. The molecule has 1 aromatic heterocycles. The normalized spacial score (nSPS) is 18.7. The zero-order valence-electron chi connectivity index (χ0n) is 12.6. The molecule has 2 nitrogen and oxygen atoms in total. The molecule has 1 aliphatic rings. The molecule has 0 aromatic carbocycles. The van der Waals surface area contributed by atoms with Crippen LogP contribution in [-0.2, 0) is 12.8 Å². The Morgan fingerprint density at radius 3 is 2.37 bits per heavy atom. The molecule has 2 rings (SSSR count). The van der Waals surface area contributed by atoms with Crippen LogP contribution < -0.4 is 0 Å². The molecule has 108 valence electrons. The molecule has 1 atom stereocenters. The van der Waals surface area contributed by atoms with Crippen LogP contribution in [0.2, 0.25) is 0 Å². The Kier molecular flexibility index (Phi) is 5.32. The van der Waals surface area contributed by atoms with Gasteiger partial charge in [-0.25, -0.2) is 0 Å². The largest absolute Gasteiger partial charge is 0.266 e. The minimum Gasteiger partial charge on any atom is -0.266 e. The first-order valence-corrected chi connectivity index (χ1v) is 8.40. The third-order valence-electron chi connectivity index (χ3n) is 4.39. The second-order valence-electron chi connectivity index (χ2n) is 5.63. The van der Waals surface area contributed by atoms with Crippen molar-refractivity contribution < 1.29 is 0 Å². The molecule has 1 aliphatic carbocycles. The van der Waals surface area contributed by atoms with Crippen LogP contribution in [0.3, 0.4) is 0 Å². The number of hydrogen-bond acceptors (Lipinski definition) is 1. The molecular weight excluding hydrogens is 256 g/mol. The van der Waals surface area contributed by atoms with E-state index in [4.69, 9.17) is 16.7 Å². The summed E-state index contributed by atoms with van der Waals surface area (Å²) in [7, 11) is 0. The van der Waals surface area contributed by atoms with Crippen molar-refractivity contribution in [2.24, 2.45) is 0 Å². The number of aromatic nitrogens is 2. The molecule has 0 aliphatic heterocycles. The van der Waals surface area contributed by atoms with E-state index in [0.717, 1.165) is 19.3 Å². The number of aryl methyl sites for hydroxylation is 1. The van der Waals surface area contributed by atoms with Crippen LogP contribution >= 0.6 is 11.6 Å². The third kappa shape index (κ3) is 2.99. The van der Waals surface area contributed by atoms with Gasteiger partial charge in [-0.05, 0) is 32.1 Å². The lowest BCUT2D eigenvalue weighted by molar-refractivity contribution is 0.321. The second-order valence-corrected chi connectivity index (χ2v) is 6.15. The first kappa shape index (κ1) is 14.9. The van der Waals surface area contributed by atoms with Crippen molar-refractivity contribution in [2.75, 3.05) is 0 Å². The quantitative estimate of drug-likeness (QED) is 0.679. The highest BCUT2D eigenvalue weighted by atomic mass is 35.5. The summed E-state index contributed by atoms with van der Waals surface area (Å²) in [5.74, 6) is 0. The van der Waals surface area contributed by atoms with Gasteiger partial charge in [-0.3, -0.25) is 4.68 Å². The molecule has 0 saturated heterocycles. The number of alkyl halides is 1. The van der Waals surface area contributed by atoms with E-state index in [9.17, 15) is 0 Å². The number of nitrogens with zero attached hydrogens (tertiary/aromatic N) is 2. The molecule has 3 heteroatoms. The van der Waals surface area contributed by atoms with Gasteiger partial charge in [-0.15, -0.1) is 11.6 Å². The smallest absolute Gasteiger partial charge is 0.0671 e. The fraction of sp³-hybridized carbons (Fsp3) is 0.812. The van der Waals surface area contributed by atoms with E-state index < -0.39 is 0 Å². The van der Waals surface area contributed by atoms with E-state index in [-0.39, 0.29) is 5.38 Å². The van der Waals surface area contributed by atoms with E-state index in [0.29, 0.717) is 6.04 Å². The summed E-state index contributed by atoms with van der Waals surface area (Å²) in [4.78, 5) is 0. The van der Waals surface area contributed by atoms with Gasteiger partial charge in [-0.2, -0.15) is 5.10 Å². The van der Waals surface area contributed by atoms with Crippen molar-refractivity contribution in [3.63, 3.8) is 0 Å². The molecule has 1 unspecified atom stereocenters. The summed E-state index contributed by atoms with van der Waals surface area (Å²) >= 11 is 6.56. The number of halogens is 1. The van der Waals surface area contributed by atoms with Gasteiger partial charge in [0.2, 0.25) is 0 Å². The fourth-order valence-corrected chi connectivity index (χ4v) is 3.59. The van der Waals surface area contributed by atoms with E-state index in [1.807, 2.05) is 0 Å². The minimum atomic E-state index is 0.127. The van der Waals surface area contributed by atoms with Crippen LogP contribution in [0.4, 0.5) is 0 Å². The standard InChI is InChI=1S/C16H27ClN2/c1-4-13(17)16-14(5-2)18-19(15(16)6-3)12-10-8-7-9-11-12/h12-13H,4-11H2,1-3H3. The maximum absolute atomic E-state index is 6.56. The van der Waals surface area contributed by atoms with Gasteiger partial charge in [0.25, 0.3) is 0 Å². The SMILES string of the molecule is CCc1nn(C2CCCCC2)c(CC)c1C(Cl)CC. The van der Waals surface area contributed by atoms with Crippen LogP contribution in [0.1, 0.15) is 87.7 Å². The average molecular weight is 283 g/mol. The highest BCUT2D eigenvalue weighted by molar-refractivity contribution is 6.21. The lowest BCUT2D eigenvalue weighted by Crippen LogP contribution is -2.17. The summed E-state index contributed by atoms with van der Waals surface area (Å²) in [5, 5.41) is 5.05. The Morgan fingerprint density at radius 1 is 1.16 bits per heavy atom. The van der Waals surface area contributed by atoms with Gasteiger partial charge in [0.1, 0.15) is 0 Å². The Hall–Kier alpha value is -0.500. The van der Waals surface area contributed by atoms with Crippen molar-refractivity contribution in [1.29, 1.82) is 0 Å². The van der Waals surface area contributed by atoms with Crippen LogP contribution in [0, 0.1) is 0 Å². The van der Waals surface area contributed by atoms with Crippen LogP contribution in [0.15, 0.2) is 0 Å². The van der Waals surface area contributed by atoms with Crippen LogP contribution in [-0.4, -0.2) is 9.78 Å². The van der Waals surface area contributed by atoms with Crippen molar-refractivity contribution in [1.82, 2.24) is 9.78 Å². The van der Waals surface area contributed by atoms with Crippen LogP contribution in [0.5, 0.6) is 0 Å². The van der Waals surface area contributed by atoms with E-state index in [1.165, 1.54) is 49.1 Å². The van der Waals surface area contributed by atoms with Gasteiger partial charge >= 0.3 is 0 Å². The molecule has 1 saturated carbocycles. The Balaban J connectivity index is 2.39. The fourth-order valence-electron chi connectivity index (χ4n) is 3.34. The predicted molar refractivity (Wildman–Crippen MR) is 82.0 cm³/mol. The Labute approximate surface area is 122 Å². The second kappa shape index (κ2) is 6.78. The molecule has 0 bridgehead atoms. The molecule has 19 heavy (non-hydrogen) atoms. The van der Waals surface area contributed by atoms with Crippen molar-refractivity contribution in [3.8, 4) is 0 Å². The number of rotatable bonds is 5. The number of hydrogen-bond donors (Lipinski definition) is 0. The van der Waals surface area contributed by atoms with E-state index in [2.05, 4.69) is 25.5 Å². The first-order valence-electron chi connectivity index (χ1n) is 7.97. The minimum absolute atomic E-state index is 0.127. The highest BCUT2D eigenvalue weighted by Gasteiger charge is 2.25. The predicted octanol–water partition coefficient (Wildman–Crippen LogP) is 5.20. The topological polar surface area (TPSA) is 17.8 Å². The summed E-state index contributed by atoms with van der Waals surface area (Å²) in [5.41, 5.74) is 3.95. The molecule has 1 heterocycles. The maximum Gasteiger partial charge on any atom is 0.0671 e. The van der Waals surface area contributed by atoms with Gasteiger partial charge in [0.05, 0.1) is 17.1 Å². The summed E-state index contributed by atoms with van der Waals surface area (Å²) in [6, 6.07) is 0.614. The molecule has 0 N–H and O–H groups in total. The maximum atomic E-state index is 6.56. The Bertz CT molecular complexity index is 405. The molecule has 1 fully saturated rings. The van der Waals surface area contributed by atoms with Gasteiger partial charge in [-0.1, -0.05) is 40.0 Å². The van der Waals surface area contributed by atoms with E-state index in [1.54, 1.807) is 0 Å². The van der Waals surface area contributed by atoms with Crippen LogP contribution in [0.25, 0.3) is 0 Å². The lowest BCUT2D eigenvalue weighted by Gasteiger charge is -2.24. The van der Waals surface area contributed by atoms with Gasteiger partial charge in [0.15, 0.2) is 0 Å². The summed E-state index contributed by atoms with van der Waals surface area (Å²) < 4.78 is 2.33. The molecule has 0 amide bonds. The summed E-state index contributed by atoms with van der Waals surface area (Å²) in [6.07, 6.45) is 9.68. The zero-order chi connectivity index (χ0) is 13.8. The van der Waals surface area contributed by atoms with E-state index >= 15 is 0 Å². The summed E-state index contributed by atoms with van der Waals surface area (Å²) in [6.45, 7) is 6.59. The Morgan fingerprint density at radius 2 is 1.84 bits per heavy atom.